The lowest BCUT2D eigenvalue weighted by atomic mass is 10.2. The summed E-state index contributed by atoms with van der Waals surface area (Å²) in [6.07, 6.45) is 9.18. The van der Waals surface area contributed by atoms with Gasteiger partial charge < -0.3 is 4.74 Å². The Bertz CT molecular complexity index is 316. The highest BCUT2D eigenvalue weighted by Gasteiger charge is 1.93. The molecule has 17 heavy (non-hydrogen) atoms. The van der Waals surface area contributed by atoms with Gasteiger partial charge in [0.25, 0.3) is 0 Å². The molecule has 1 aromatic carbocycles. The van der Waals surface area contributed by atoms with Crippen molar-refractivity contribution in [2.75, 3.05) is 11.9 Å². The number of hydrogen-bond donors (Lipinski definition) is 0. The molecule has 1 rings (SSSR count). The van der Waals surface area contributed by atoms with Crippen molar-refractivity contribution in [1.82, 2.24) is 0 Å². The van der Waals surface area contributed by atoms with E-state index in [1.165, 1.54) is 24.8 Å². The molecule has 0 aromatic heterocycles. The summed E-state index contributed by atoms with van der Waals surface area (Å²) in [5.74, 6) is 0.970. The Kier molecular flexibility index (Phi) is 7.81. The molecule has 0 saturated heterocycles. The third-order valence-corrected chi connectivity index (χ3v) is 2.92. The van der Waals surface area contributed by atoms with Crippen LogP contribution in [-0.2, 0) is 0 Å². The van der Waals surface area contributed by atoms with E-state index in [0.717, 1.165) is 24.1 Å². The zero-order valence-electron chi connectivity index (χ0n) is 10.5. The summed E-state index contributed by atoms with van der Waals surface area (Å²) in [5.41, 5.74) is 1.21. The van der Waals surface area contributed by atoms with E-state index in [1.54, 1.807) is 0 Å². The smallest absolute Gasteiger partial charge is 0.119 e. The third kappa shape index (κ3) is 6.52. The van der Waals surface area contributed by atoms with Crippen LogP contribution in [0.2, 0.25) is 0 Å². The van der Waals surface area contributed by atoms with Gasteiger partial charge in [0.05, 0.1) is 6.61 Å². The average Bonchev–Trinajstić information content (AvgIpc) is 2.37. The van der Waals surface area contributed by atoms with Gasteiger partial charge in [0.15, 0.2) is 0 Å². The molecule has 0 radical (unpaired) electrons. The highest BCUT2D eigenvalue weighted by molar-refractivity contribution is 9.09. The Morgan fingerprint density at radius 3 is 2.53 bits per heavy atom. The van der Waals surface area contributed by atoms with Crippen molar-refractivity contribution in [2.24, 2.45) is 0 Å². The van der Waals surface area contributed by atoms with Crippen LogP contribution < -0.4 is 4.74 Å². The van der Waals surface area contributed by atoms with Crippen LogP contribution in [0, 0.1) is 0 Å². The van der Waals surface area contributed by atoms with Crippen LogP contribution in [0.25, 0.3) is 6.08 Å². The summed E-state index contributed by atoms with van der Waals surface area (Å²) in [7, 11) is 0. The van der Waals surface area contributed by atoms with E-state index in [1.807, 2.05) is 12.1 Å². The van der Waals surface area contributed by atoms with Crippen LogP contribution >= 0.6 is 15.9 Å². The van der Waals surface area contributed by atoms with Gasteiger partial charge in [-0.1, -0.05) is 66.4 Å². The molecule has 0 spiro atoms. The van der Waals surface area contributed by atoms with Crippen molar-refractivity contribution < 1.29 is 4.74 Å². The van der Waals surface area contributed by atoms with E-state index in [-0.39, 0.29) is 0 Å². The molecule has 0 heterocycles. The third-order valence-electron chi connectivity index (χ3n) is 2.55. The highest BCUT2D eigenvalue weighted by atomic mass is 79.9. The molecule has 2 heteroatoms. The fraction of sp³-hybridized carbons (Fsp3) is 0.467. The maximum absolute atomic E-state index is 5.68. The number of hydrogen-bond acceptors (Lipinski definition) is 1. The van der Waals surface area contributed by atoms with Gasteiger partial charge in [0, 0.05) is 5.33 Å². The lowest BCUT2D eigenvalue weighted by Crippen LogP contribution is -1.96. The first-order chi connectivity index (χ1) is 8.36. The topological polar surface area (TPSA) is 9.23 Å². The molecule has 0 N–H and O–H groups in total. The normalized spacial score (nSPS) is 10.9. The number of alkyl halides is 1. The molecule has 0 bridgehead atoms. The molecule has 1 nitrogen and oxygen atoms in total. The Balaban J connectivity index is 2.28. The molecule has 0 saturated carbocycles. The molecule has 0 aliphatic carbocycles. The number of unbranched alkanes of at least 4 members (excludes halogenated alkanes) is 3. The maximum atomic E-state index is 5.68. The van der Waals surface area contributed by atoms with Crippen LogP contribution in [0.15, 0.2) is 30.3 Å². The summed E-state index contributed by atoms with van der Waals surface area (Å²) >= 11 is 3.36. The first kappa shape index (κ1) is 14.3. The van der Waals surface area contributed by atoms with Crippen LogP contribution in [0.4, 0.5) is 0 Å². The predicted molar refractivity (Wildman–Crippen MR) is 78.9 cm³/mol. The van der Waals surface area contributed by atoms with Crippen molar-refractivity contribution in [3.05, 3.63) is 35.9 Å². The molecular formula is C15H21BrO. The van der Waals surface area contributed by atoms with Crippen LogP contribution in [0.1, 0.15) is 38.2 Å². The van der Waals surface area contributed by atoms with Gasteiger partial charge in [0.2, 0.25) is 0 Å². The maximum Gasteiger partial charge on any atom is 0.119 e. The molecule has 0 aliphatic rings. The van der Waals surface area contributed by atoms with Gasteiger partial charge >= 0.3 is 0 Å². The van der Waals surface area contributed by atoms with E-state index in [4.69, 9.17) is 4.74 Å². The predicted octanol–water partition coefficient (Wildman–Crippen LogP) is 5.05. The highest BCUT2D eigenvalue weighted by Crippen LogP contribution is 2.14. The monoisotopic (exact) mass is 296 g/mol. The Labute approximate surface area is 113 Å². The van der Waals surface area contributed by atoms with Crippen molar-refractivity contribution in [1.29, 1.82) is 0 Å². The quantitative estimate of drug-likeness (QED) is 0.482. The van der Waals surface area contributed by atoms with Gasteiger partial charge in [-0.15, -0.1) is 0 Å². The van der Waals surface area contributed by atoms with E-state index < -0.39 is 0 Å². The molecule has 0 unspecified atom stereocenters. The lowest BCUT2D eigenvalue weighted by Gasteiger charge is -2.05. The molecule has 0 fully saturated rings. The first-order valence-electron chi connectivity index (χ1n) is 6.32. The van der Waals surface area contributed by atoms with E-state index >= 15 is 0 Å². The summed E-state index contributed by atoms with van der Waals surface area (Å²) in [6.45, 7) is 3.05. The van der Waals surface area contributed by atoms with Crippen molar-refractivity contribution in [2.45, 2.75) is 32.6 Å². The van der Waals surface area contributed by atoms with Crippen molar-refractivity contribution in [3.63, 3.8) is 0 Å². The molecule has 0 aliphatic heterocycles. The Morgan fingerprint density at radius 1 is 1.12 bits per heavy atom. The van der Waals surface area contributed by atoms with E-state index in [9.17, 15) is 0 Å². The van der Waals surface area contributed by atoms with Gasteiger partial charge in [-0.2, -0.15) is 0 Å². The summed E-state index contributed by atoms with van der Waals surface area (Å²) < 4.78 is 5.68. The van der Waals surface area contributed by atoms with Gasteiger partial charge in [-0.25, -0.2) is 0 Å². The minimum atomic E-state index is 0.830. The minimum Gasteiger partial charge on any atom is -0.494 e. The molecular weight excluding hydrogens is 276 g/mol. The summed E-state index contributed by atoms with van der Waals surface area (Å²) in [6, 6.07) is 8.24. The van der Waals surface area contributed by atoms with Gasteiger partial charge in [-0.05, 0) is 24.1 Å². The second kappa shape index (κ2) is 9.29. The molecule has 94 valence electrons. The SMILES string of the molecule is CCCCCCOc1ccc(C=CCBr)cc1. The molecule has 1 aromatic rings. The number of halogens is 1. The Hall–Kier alpha value is -0.760. The van der Waals surface area contributed by atoms with Crippen molar-refractivity contribution in [3.8, 4) is 5.75 Å². The van der Waals surface area contributed by atoms with Crippen LogP contribution in [0.5, 0.6) is 5.75 Å². The van der Waals surface area contributed by atoms with E-state index in [2.05, 4.69) is 47.1 Å². The Morgan fingerprint density at radius 2 is 1.88 bits per heavy atom. The van der Waals surface area contributed by atoms with E-state index in [0.29, 0.717) is 0 Å². The zero-order chi connectivity index (χ0) is 12.3. The van der Waals surface area contributed by atoms with Gasteiger partial charge in [-0.3, -0.25) is 0 Å². The van der Waals surface area contributed by atoms with Crippen LogP contribution in [0.3, 0.4) is 0 Å². The number of benzene rings is 1. The van der Waals surface area contributed by atoms with Crippen molar-refractivity contribution >= 4 is 22.0 Å². The summed E-state index contributed by atoms with van der Waals surface area (Å²) in [4.78, 5) is 0. The zero-order valence-corrected chi connectivity index (χ0v) is 12.1. The molecule has 0 amide bonds. The first-order valence-corrected chi connectivity index (χ1v) is 7.44. The lowest BCUT2D eigenvalue weighted by molar-refractivity contribution is 0.305. The fourth-order valence-electron chi connectivity index (χ4n) is 1.57. The number of allylic oxidation sites excluding steroid dienone is 1. The van der Waals surface area contributed by atoms with Gasteiger partial charge in [0.1, 0.15) is 5.75 Å². The molecule has 0 atom stereocenters. The average molecular weight is 297 g/mol. The second-order valence-corrected chi connectivity index (χ2v) is 4.68. The standard InChI is InChI=1S/C15H21BrO/c1-2-3-4-5-13-17-15-10-8-14(9-11-15)7-6-12-16/h6-11H,2-5,12-13H2,1H3. The minimum absolute atomic E-state index is 0.830. The van der Waals surface area contributed by atoms with Crippen LogP contribution in [-0.4, -0.2) is 11.9 Å². The largest absolute Gasteiger partial charge is 0.494 e. The number of ether oxygens (including phenoxy) is 1. The summed E-state index contributed by atoms with van der Waals surface area (Å²) in [5, 5.41) is 0.892. The number of rotatable bonds is 8. The second-order valence-electron chi connectivity index (χ2n) is 4.03. The fourth-order valence-corrected chi connectivity index (χ4v) is 1.76.